The number of carbonyl (C=O) groups excluding carboxylic acids is 1. The molecule has 0 aliphatic carbocycles. The Kier molecular flexibility index (Phi) is 8.24. The van der Waals surface area contributed by atoms with E-state index in [1.54, 1.807) is 11.9 Å². The molecule has 0 fully saturated rings. The summed E-state index contributed by atoms with van der Waals surface area (Å²) >= 11 is 1.52. The molecule has 1 amide bonds. The molecule has 0 bridgehead atoms. The van der Waals surface area contributed by atoms with E-state index >= 15 is 0 Å². The van der Waals surface area contributed by atoms with Crippen LogP contribution in [-0.4, -0.2) is 40.4 Å². The third-order valence-corrected chi connectivity index (χ3v) is 5.84. The van der Waals surface area contributed by atoms with Gasteiger partial charge in [-0.1, -0.05) is 13.8 Å². The van der Waals surface area contributed by atoms with Crippen LogP contribution >= 0.6 is 23.7 Å². The van der Waals surface area contributed by atoms with Crippen LogP contribution in [0.2, 0.25) is 0 Å². The summed E-state index contributed by atoms with van der Waals surface area (Å²) in [6.07, 6.45) is 1.54. The lowest BCUT2D eigenvalue weighted by atomic mass is 10.0. The fourth-order valence-electron chi connectivity index (χ4n) is 2.63. The second-order valence-electron chi connectivity index (χ2n) is 6.99. The summed E-state index contributed by atoms with van der Waals surface area (Å²) in [4.78, 5) is 35.4. The molecule has 0 aliphatic rings. The number of nitrogens with zero attached hydrogens (tertiary/aromatic N) is 2. The van der Waals surface area contributed by atoms with Gasteiger partial charge in [0.15, 0.2) is 0 Å². The van der Waals surface area contributed by atoms with Gasteiger partial charge in [-0.2, -0.15) is 0 Å². The summed E-state index contributed by atoms with van der Waals surface area (Å²) in [7, 11) is 1.79. The van der Waals surface area contributed by atoms with Crippen molar-refractivity contribution < 1.29 is 4.79 Å². The first kappa shape index (κ1) is 22.6. The maximum Gasteiger partial charge on any atom is 0.259 e. The van der Waals surface area contributed by atoms with E-state index in [9.17, 15) is 9.59 Å². The molecule has 2 aromatic rings. The Hall–Kier alpha value is -1.44. The zero-order valence-corrected chi connectivity index (χ0v) is 17.7. The first-order valence-corrected chi connectivity index (χ1v) is 9.50. The molecule has 6 nitrogen and oxygen atoms in total. The minimum atomic E-state index is -0.120. The molecule has 0 saturated carbocycles. The lowest BCUT2D eigenvalue weighted by molar-refractivity contribution is -0.130. The zero-order chi connectivity index (χ0) is 18.7. The van der Waals surface area contributed by atoms with Crippen molar-refractivity contribution in [3.63, 3.8) is 0 Å². The monoisotopic (exact) mass is 400 g/mol. The van der Waals surface area contributed by atoms with Gasteiger partial charge in [-0.05, 0) is 31.7 Å². The summed E-state index contributed by atoms with van der Waals surface area (Å²) in [6, 6.07) is 0.0981. The second kappa shape index (κ2) is 9.48. The highest BCUT2D eigenvalue weighted by molar-refractivity contribution is 7.18. The van der Waals surface area contributed by atoms with Crippen LogP contribution in [0.3, 0.4) is 0 Å². The van der Waals surface area contributed by atoms with Crippen molar-refractivity contribution in [1.29, 1.82) is 0 Å². The third kappa shape index (κ3) is 5.28. The summed E-state index contributed by atoms with van der Waals surface area (Å²) < 4.78 is 0. The highest BCUT2D eigenvalue weighted by Crippen LogP contribution is 2.25. The Balaban J connectivity index is 0.00000338. The van der Waals surface area contributed by atoms with E-state index in [1.807, 2.05) is 13.8 Å². The van der Waals surface area contributed by atoms with E-state index in [0.717, 1.165) is 21.7 Å². The van der Waals surface area contributed by atoms with Crippen molar-refractivity contribution in [2.45, 2.75) is 53.0 Å². The highest BCUT2D eigenvalue weighted by atomic mass is 35.5. The summed E-state index contributed by atoms with van der Waals surface area (Å²) in [6.45, 7) is 8.73. The SMILES string of the molecule is Cc1sc2nc(CCC(=O)N(C)CCC(N)C(C)C)[nH]c(=O)c2c1C.Cl. The van der Waals surface area contributed by atoms with Crippen molar-refractivity contribution >= 4 is 39.9 Å². The molecule has 0 spiro atoms. The third-order valence-electron chi connectivity index (χ3n) is 4.74. The van der Waals surface area contributed by atoms with Gasteiger partial charge in [0.05, 0.1) is 5.39 Å². The number of rotatable bonds is 7. The first-order chi connectivity index (χ1) is 11.7. The van der Waals surface area contributed by atoms with Crippen LogP contribution in [0.15, 0.2) is 4.79 Å². The lowest BCUT2D eigenvalue weighted by Gasteiger charge is -2.21. The Bertz CT molecular complexity index is 815. The molecule has 2 rings (SSSR count). The quantitative estimate of drug-likeness (QED) is 0.747. The number of thiophene rings is 1. The van der Waals surface area contributed by atoms with Crippen molar-refractivity contribution in [2.24, 2.45) is 11.7 Å². The summed E-state index contributed by atoms with van der Waals surface area (Å²) in [5.41, 5.74) is 6.89. The van der Waals surface area contributed by atoms with Gasteiger partial charge in [-0.3, -0.25) is 9.59 Å². The van der Waals surface area contributed by atoms with Gasteiger partial charge in [0, 0.05) is 37.4 Å². The van der Waals surface area contributed by atoms with E-state index in [2.05, 4.69) is 23.8 Å². The van der Waals surface area contributed by atoms with Crippen LogP contribution in [0, 0.1) is 19.8 Å². The zero-order valence-electron chi connectivity index (χ0n) is 16.1. The van der Waals surface area contributed by atoms with Crippen molar-refractivity contribution in [2.75, 3.05) is 13.6 Å². The number of nitrogens with two attached hydrogens (primary N) is 1. The average molecular weight is 401 g/mol. The molecule has 8 heteroatoms. The van der Waals surface area contributed by atoms with E-state index in [1.165, 1.54) is 11.3 Å². The topological polar surface area (TPSA) is 92.1 Å². The molecule has 1 unspecified atom stereocenters. The lowest BCUT2D eigenvalue weighted by Crippen LogP contribution is -2.34. The molecule has 0 saturated heterocycles. The molecule has 2 heterocycles. The number of aromatic nitrogens is 2. The van der Waals surface area contributed by atoms with Gasteiger partial charge in [-0.15, -0.1) is 23.7 Å². The molecule has 146 valence electrons. The van der Waals surface area contributed by atoms with Crippen LogP contribution < -0.4 is 11.3 Å². The van der Waals surface area contributed by atoms with Crippen LogP contribution in [-0.2, 0) is 11.2 Å². The largest absolute Gasteiger partial charge is 0.346 e. The molecule has 0 radical (unpaired) electrons. The maximum atomic E-state index is 12.3. The molecule has 2 aromatic heterocycles. The number of aromatic amines is 1. The predicted molar refractivity (Wildman–Crippen MR) is 110 cm³/mol. The Morgan fingerprint density at radius 1 is 1.35 bits per heavy atom. The van der Waals surface area contributed by atoms with Gasteiger partial charge >= 0.3 is 0 Å². The fraction of sp³-hybridized carbons (Fsp3) is 0.611. The average Bonchev–Trinajstić information content (AvgIpc) is 2.84. The van der Waals surface area contributed by atoms with Crippen molar-refractivity contribution in [1.82, 2.24) is 14.9 Å². The maximum absolute atomic E-state index is 12.3. The Morgan fingerprint density at radius 2 is 2.00 bits per heavy atom. The number of carbonyl (C=O) groups is 1. The van der Waals surface area contributed by atoms with Gasteiger partial charge in [0.2, 0.25) is 5.91 Å². The number of halogens is 1. The first-order valence-electron chi connectivity index (χ1n) is 8.69. The molecule has 1 atom stereocenters. The molecule has 3 N–H and O–H groups in total. The van der Waals surface area contributed by atoms with Crippen LogP contribution in [0.4, 0.5) is 0 Å². The number of hydrogen-bond acceptors (Lipinski definition) is 5. The van der Waals surface area contributed by atoms with Crippen LogP contribution in [0.25, 0.3) is 10.2 Å². The van der Waals surface area contributed by atoms with E-state index in [4.69, 9.17) is 5.73 Å². The number of aryl methyl sites for hydroxylation is 3. The predicted octanol–water partition coefficient (Wildman–Crippen LogP) is 2.79. The number of amides is 1. The summed E-state index contributed by atoms with van der Waals surface area (Å²) in [5, 5.41) is 0.664. The van der Waals surface area contributed by atoms with Gasteiger partial charge in [0.1, 0.15) is 10.7 Å². The molecule has 0 aliphatic heterocycles. The minimum Gasteiger partial charge on any atom is -0.346 e. The van der Waals surface area contributed by atoms with E-state index in [0.29, 0.717) is 36.5 Å². The normalized spacial score (nSPS) is 12.3. The smallest absolute Gasteiger partial charge is 0.259 e. The van der Waals surface area contributed by atoms with Crippen molar-refractivity contribution in [3.05, 3.63) is 26.6 Å². The molecular weight excluding hydrogens is 372 g/mol. The number of fused-ring (bicyclic) bond motifs is 1. The van der Waals surface area contributed by atoms with Gasteiger partial charge in [-0.25, -0.2) is 4.98 Å². The van der Waals surface area contributed by atoms with Crippen LogP contribution in [0.1, 0.15) is 43.0 Å². The van der Waals surface area contributed by atoms with Gasteiger partial charge < -0.3 is 15.6 Å². The second-order valence-corrected chi connectivity index (χ2v) is 8.19. The van der Waals surface area contributed by atoms with Gasteiger partial charge in [0.25, 0.3) is 5.56 Å². The van der Waals surface area contributed by atoms with Crippen molar-refractivity contribution in [3.8, 4) is 0 Å². The molecule has 26 heavy (non-hydrogen) atoms. The number of nitrogens with one attached hydrogen (secondary N) is 1. The molecular formula is C18H29ClN4O2S. The number of hydrogen-bond donors (Lipinski definition) is 2. The van der Waals surface area contributed by atoms with Crippen LogP contribution in [0.5, 0.6) is 0 Å². The number of H-pyrrole nitrogens is 1. The van der Waals surface area contributed by atoms with E-state index in [-0.39, 0.29) is 29.9 Å². The standard InChI is InChI=1S/C18H28N4O2S.ClH/c1-10(2)13(19)8-9-22(5)15(23)7-6-14-20-17(24)16-11(3)12(4)25-18(16)21-14;/h10,13H,6-9,19H2,1-5H3,(H,20,21,24);1H. The fourth-order valence-corrected chi connectivity index (χ4v) is 3.68. The minimum absolute atomic E-state index is 0. The summed E-state index contributed by atoms with van der Waals surface area (Å²) in [5.74, 6) is 1.01. The molecule has 0 aromatic carbocycles. The Labute approximate surface area is 164 Å². The Morgan fingerprint density at radius 3 is 2.62 bits per heavy atom. The highest BCUT2D eigenvalue weighted by Gasteiger charge is 2.15. The van der Waals surface area contributed by atoms with E-state index < -0.39 is 0 Å².